The van der Waals surface area contributed by atoms with E-state index in [2.05, 4.69) is 11.4 Å². The molecule has 4 N–H and O–H groups in total. The second-order valence-corrected chi connectivity index (χ2v) is 11.5. The molecule has 4 rings (SSSR count). The Kier molecular flexibility index (Phi) is 9.08. The SMILES string of the molecule is CC1=CC(=O)C=C2CC[C@@H]3[C@H](C(O)C[C@@]4(C)[C@H]3CC[C@]4(O)C(=O)COP(=O)(O)O)[C@@]12C.[NaH].[NaH]. The fraction of sp³-hybridized carbons (Fsp3) is 0.727. The van der Waals surface area contributed by atoms with E-state index >= 15 is 0 Å². The maximum atomic E-state index is 12.9. The molecule has 0 radical (unpaired) electrons. The van der Waals surface area contributed by atoms with E-state index in [1.165, 1.54) is 0 Å². The van der Waals surface area contributed by atoms with Crippen molar-refractivity contribution in [2.24, 2.45) is 28.6 Å². The van der Waals surface area contributed by atoms with E-state index in [0.717, 1.165) is 24.0 Å². The van der Waals surface area contributed by atoms with Gasteiger partial charge >= 0.3 is 66.9 Å². The van der Waals surface area contributed by atoms with Crippen molar-refractivity contribution in [3.05, 3.63) is 23.3 Å². The van der Waals surface area contributed by atoms with E-state index in [1.807, 2.05) is 6.92 Å². The standard InChI is InChI=1S/C22H31O8P.2Na.2H/c1-12-8-14(23)9-13-4-5-15-16-6-7-22(26,18(25)11-30-31(27,28)29)20(16,2)10-17(24)19(15)21(12,13)3;;;;/h8-9,15-17,19,24,26H,4-7,10-11H2,1-3H3,(H2,27,28,29);;;;/t15-,16-,17?,19+,20-,21-,22-;;;;/m0..../s1. The van der Waals surface area contributed by atoms with Crippen LogP contribution >= 0.6 is 7.82 Å². The van der Waals surface area contributed by atoms with Crippen molar-refractivity contribution in [1.29, 1.82) is 0 Å². The van der Waals surface area contributed by atoms with Gasteiger partial charge in [-0.05, 0) is 63.0 Å². The van der Waals surface area contributed by atoms with Gasteiger partial charge in [0.05, 0.1) is 6.10 Å². The predicted molar refractivity (Wildman–Crippen MR) is 125 cm³/mol. The molecule has 0 aromatic carbocycles. The third-order valence-electron chi connectivity index (χ3n) is 9.01. The van der Waals surface area contributed by atoms with Crippen LogP contribution in [0.2, 0.25) is 0 Å². The molecule has 0 aromatic heterocycles. The Morgan fingerprint density at radius 1 is 1.21 bits per heavy atom. The van der Waals surface area contributed by atoms with Gasteiger partial charge in [-0.25, -0.2) is 4.57 Å². The fourth-order valence-corrected chi connectivity index (χ4v) is 7.69. The van der Waals surface area contributed by atoms with Crippen molar-refractivity contribution in [3.8, 4) is 0 Å². The first-order chi connectivity index (χ1) is 14.2. The number of ketones is 2. The Bertz CT molecular complexity index is 945. The quantitative estimate of drug-likeness (QED) is 0.326. The number of carbonyl (C=O) groups is 2. The average Bonchev–Trinajstić information content (AvgIpc) is 2.92. The molecule has 3 saturated carbocycles. The Labute approximate surface area is 238 Å². The van der Waals surface area contributed by atoms with Crippen LogP contribution in [0.15, 0.2) is 23.3 Å². The van der Waals surface area contributed by atoms with E-state index < -0.39 is 42.7 Å². The third kappa shape index (κ3) is 4.67. The summed E-state index contributed by atoms with van der Waals surface area (Å²) in [6.45, 7) is 4.95. The Morgan fingerprint density at radius 3 is 2.45 bits per heavy atom. The van der Waals surface area contributed by atoms with Gasteiger partial charge in [0.15, 0.2) is 11.6 Å². The molecule has 0 amide bonds. The molecule has 33 heavy (non-hydrogen) atoms. The van der Waals surface area contributed by atoms with Crippen LogP contribution in [-0.2, 0) is 18.7 Å². The van der Waals surface area contributed by atoms with Gasteiger partial charge in [-0.15, -0.1) is 0 Å². The zero-order chi connectivity index (χ0) is 23.0. The number of hydrogen-bond acceptors (Lipinski definition) is 6. The van der Waals surface area contributed by atoms with E-state index in [1.54, 1.807) is 19.1 Å². The maximum absolute atomic E-state index is 12.9. The van der Waals surface area contributed by atoms with Crippen molar-refractivity contribution in [3.63, 3.8) is 0 Å². The van der Waals surface area contributed by atoms with Gasteiger partial charge in [-0.2, -0.15) is 0 Å². The minimum atomic E-state index is -4.84. The molecule has 1 unspecified atom stereocenters. The van der Waals surface area contributed by atoms with Crippen molar-refractivity contribution in [1.82, 2.24) is 0 Å². The van der Waals surface area contributed by atoms with Gasteiger partial charge in [0, 0.05) is 16.7 Å². The number of aliphatic hydroxyl groups is 2. The van der Waals surface area contributed by atoms with Gasteiger partial charge in [0.2, 0.25) is 0 Å². The molecule has 7 atom stereocenters. The average molecular weight is 502 g/mol. The molecule has 11 heteroatoms. The second-order valence-electron chi connectivity index (χ2n) is 10.2. The summed E-state index contributed by atoms with van der Waals surface area (Å²) in [6, 6.07) is 0. The normalized spacial score (nSPS) is 42.0. The molecule has 4 aliphatic carbocycles. The summed E-state index contributed by atoms with van der Waals surface area (Å²) in [7, 11) is -4.84. The molecule has 176 valence electrons. The molecule has 3 fully saturated rings. The van der Waals surface area contributed by atoms with Crippen LogP contribution in [0.3, 0.4) is 0 Å². The number of hydrogen-bond donors (Lipinski definition) is 4. The molecule has 0 spiro atoms. The van der Waals surface area contributed by atoms with Crippen molar-refractivity contribution < 1.29 is 38.7 Å². The van der Waals surface area contributed by atoms with Crippen LogP contribution in [0.4, 0.5) is 0 Å². The zero-order valence-corrected chi connectivity index (χ0v) is 19.0. The number of carbonyl (C=O) groups excluding carboxylic acids is 2. The van der Waals surface area contributed by atoms with Gasteiger partial charge in [0.25, 0.3) is 0 Å². The summed E-state index contributed by atoms with van der Waals surface area (Å²) in [5.74, 6) is -0.887. The van der Waals surface area contributed by atoms with Crippen LogP contribution in [0.1, 0.15) is 52.9 Å². The zero-order valence-electron chi connectivity index (χ0n) is 18.1. The minimum absolute atomic E-state index is 0. The van der Waals surface area contributed by atoms with Gasteiger partial charge in [-0.1, -0.05) is 25.0 Å². The number of aliphatic hydroxyl groups excluding tert-OH is 1. The summed E-state index contributed by atoms with van der Waals surface area (Å²) in [5, 5.41) is 22.8. The summed E-state index contributed by atoms with van der Waals surface area (Å²) in [5.41, 5.74) is -1.20. The fourth-order valence-electron chi connectivity index (χ4n) is 7.40. The molecule has 0 aliphatic heterocycles. The number of phosphoric acid groups is 1. The Balaban J connectivity index is 0.00000193. The molecule has 0 heterocycles. The molecule has 0 aromatic rings. The molecule has 0 saturated heterocycles. The van der Waals surface area contributed by atoms with Crippen molar-refractivity contribution in [2.75, 3.05) is 6.61 Å². The Hall–Kier alpha value is 0.850. The topological polar surface area (TPSA) is 141 Å². The van der Waals surface area contributed by atoms with Crippen molar-refractivity contribution in [2.45, 2.75) is 64.6 Å². The number of allylic oxidation sites excluding steroid dienone is 4. The predicted octanol–water partition coefficient (Wildman–Crippen LogP) is 0.768. The van der Waals surface area contributed by atoms with E-state index in [-0.39, 0.29) is 95.5 Å². The molecular formula is C22H33Na2O8P. The van der Waals surface area contributed by atoms with Gasteiger partial charge in [-0.3, -0.25) is 14.1 Å². The third-order valence-corrected chi connectivity index (χ3v) is 9.47. The van der Waals surface area contributed by atoms with Gasteiger partial charge in [0.1, 0.15) is 12.2 Å². The summed E-state index contributed by atoms with van der Waals surface area (Å²) in [6.07, 6.45) is 4.96. The van der Waals surface area contributed by atoms with Crippen LogP contribution in [0.25, 0.3) is 0 Å². The number of fused-ring (bicyclic) bond motifs is 5. The molecular weight excluding hydrogens is 469 g/mol. The first-order valence-corrected chi connectivity index (χ1v) is 12.3. The molecule has 8 nitrogen and oxygen atoms in total. The number of Topliss-reactive ketones (excluding diaryl/α,β-unsaturated/α-hetero) is 1. The number of rotatable bonds is 4. The van der Waals surface area contributed by atoms with Crippen molar-refractivity contribution >= 4 is 78.5 Å². The first-order valence-electron chi connectivity index (χ1n) is 10.8. The second kappa shape index (κ2) is 9.96. The first kappa shape index (κ1) is 30.1. The summed E-state index contributed by atoms with van der Waals surface area (Å²) >= 11 is 0. The molecule has 0 bridgehead atoms. The Morgan fingerprint density at radius 2 is 1.85 bits per heavy atom. The van der Waals surface area contributed by atoms with Crippen LogP contribution in [0.5, 0.6) is 0 Å². The van der Waals surface area contributed by atoms with Crippen LogP contribution in [-0.4, -0.2) is 109 Å². The monoisotopic (exact) mass is 502 g/mol. The van der Waals surface area contributed by atoms with E-state index in [9.17, 15) is 24.4 Å². The van der Waals surface area contributed by atoms with E-state index in [0.29, 0.717) is 6.42 Å². The number of phosphoric ester groups is 1. The van der Waals surface area contributed by atoms with Crippen LogP contribution < -0.4 is 0 Å². The van der Waals surface area contributed by atoms with Crippen LogP contribution in [0, 0.1) is 28.6 Å². The van der Waals surface area contributed by atoms with Gasteiger partial charge < -0.3 is 20.0 Å². The summed E-state index contributed by atoms with van der Waals surface area (Å²) in [4.78, 5) is 42.8. The molecule has 4 aliphatic rings. The van der Waals surface area contributed by atoms with E-state index in [4.69, 9.17) is 9.79 Å². The summed E-state index contributed by atoms with van der Waals surface area (Å²) < 4.78 is 15.4.